The van der Waals surface area contributed by atoms with Gasteiger partial charge >= 0.3 is 0 Å². The second-order valence-corrected chi connectivity index (χ2v) is 5.81. The molecule has 3 nitrogen and oxygen atoms in total. The molecule has 0 aliphatic heterocycles. The van der Waals surface area contributed by atoms with Crippen LogP contribution in [0.5, 0.6) is 0 Å². The minimum Gasteiger partial charge on any atom is -0.335 e. The summed E-state index contributed by atoms with van der Waals surface area (Å²) in [6.45, 7) is 4.07. The molecular formula is C16H17BrN2O. The average molecular weight is 333 g/mol. The Labute approximate surface area is 127 Å². The maximum atomic E-state index is 12.4. The molecule has 1 aromatic heterocycles. The van der Waals surface area contributed by atoms with E-state index in [-0.39, 0.29) is 11.9 Å². The van der Waals surface area contributed by atoms with Crippen molar-refractivity contribution in [2.24, 2.45) is 0 Å². The molecule has 0 fully saturated rings. The van der Waals surface area contributed by atoms with Crippen molar-refractivity contribution < 1.29 is 4.79 Å². The van der Waals surface area contributed by atoms with Gasteiger partial charge in [-0.15, -0.1) is 0 Å². The van der Waals surface area contributed by atoms with Gasteiger partial charge in [0, 0.05) is 23.9 Å². The molecule has 0 spiro atoms. The fraction of sp³-hybridized carbons (Fsp3) is 0.250. The summed E-state index contributed by atoms with van der Waals surface area (Å²) in [5.74, 6) is -0.0353. The number of pyridine rings is 1. The van der Waals surface area contributed by atoms with Crippen LogP contribution >= 0.6 is 15.9 Å². The SMILES string of the molecule is Cc1ccc(C(C)N(C)C(=O)c2cncc(Br)c2)cc1. The normalized spacial score (nSPS) is 12.0. The van der Waals surface area contributed by atoms with E-state index >= 15 is 0 Å². The fourth-order valence-corrected chi connectivity index (χ4v) is 2.34. The summed E-state index contributed by atoms with van der Waals surface area (Å²) in [6.07, 6.45) is 3.26. The van der Waals surface area contributed by atoms with E-state index in [1.165, 1.54) is 5.56 Å². The van der Waals surface area contributed by atoms with Crippen LogP contribution in [-0.4, -0.2) is 22.8 Å². The van der Waals surface area contributed by atoms with Gasteiger partial charge in [0.05, 0.1) is 11.6 Å². The Morgan fingerprint density at radius 3 is 2.50 bits per heavy atom. The van der Waals surface area contributed by atoms with E-state index in [0.29, 0.717) is 5.56 Å². The molecule has 0 aliphatic carbocycles. The molecule has 0 radical (unpaired) electrons. The van der Waals surface area contributed by atoms with Gasteiger partial charge in [0.2, 0.25) is 0 Å². The molecule has 2 rings (SSSR count). The molecule has 1 aromatic carbocycles. The summed E-state index contributed by atoms with van der Waals surface area (Å²) < 4.78 is 0.805. The van der Waals surface area contributed by atoms with Crippen LogP contribution in [0.25, 0.3) is 0 Å². The lowest BCUT2D eigenvalue weighted by atomic mass is 10.0. The molecule has 0 saturated heterocycles. The van der Waals surface area contributed by atoms with Crippen LogP contribution in [0.4, 0.5) is 0 Å². The molecule has 0 aliphatic rings. The lowest BCUT2D eigenvalue weighted by Crippen LogP contribution is -2.29. The molecule has 2 aromatic rings. The number of aromatic nitrogens is 1. The van der Waals surface area contributed by atoms with Crippen molar-refractivity contribution in [3.63, 3.8) is 0 Å². The average Bonchev–Trinajstić information content (AvgIpc) is 2.46. The lowest BCUT2D eigenvalue weighted by molar-refractivity contribution is 0.0742. The van der Waals surface area contributed by atoms with Gasteiger partial charge in [-0.2, -0.15) is 0 Å². The lowest BCUT2D eigenvalue weighted by Gasteiger charge is -2.25. The first-order valence-corrected chi connectivity index (χ1v) is 7.22. The summed E-state index contributed by atoms with van der Waals surface area (Å²) >= 11 is 3.34. The Balaban J connectivity index is 2.20. The van der Waals surface area contributed by atoms with Gasteiger partial charge in [0.15, 0.2) is 0 Å². The molecule has 1 atom stereocenters. The minimum atomic E-state index is -0.0353. The second-order valence-electron chi connectivity index (χ2n) is 4.89. The number of amides is 1. The van der Waals surface area contributed by atoms with E-state index in [9.17, 15) is 4.79 Å². The zero-order valence-electron chi connectivity index (χ0n) is 11.8. The van der Waals surface area contributed by atoms with Gasteiger partial charge in [-0.05, 0) is 41.4 Å². The molecule has 104 valence electrons. The monoisotopic (exact) mass is 332 g/mol. The maximum absolute atomic E-state index is 12.4. The largest absolute Gasteiger partial charge is 0.335 e. The summed E-state index contributed by atoms with van der Waals surface area (Å²) in [4.78, 5) is 18.2. The number of carbonyl (C=O) groups excluding carboxylic acids is 1. The number of benzene rings is 1. The van der Waals surface area contributed by atoms with Crippen molar-refractivity contribution in [3.8, 4) is 0 Å². The zero-order chi connectivity index (χ0) is 14.7. The van der Waals surface area contributed by atoms with Gasteiger partial charge in [-0.25, -0.2) is 0 Å². The number of nitrogens with zero attached hydrogens (tertiary/aromatic N) is 2. The Bertz CT molecular complexity index is 610. The van der Waals surface area contributed by atoms with E-state index in [4.69, 9.17) is 0 Å². The van der Waals surface area contributed by atoms with E-state index in [1.807, 2.05) is 14.0 Å². The molecular weight excluding hydrogens is 316 g/mol. The molecule has 1 heterocycles. The van der Waals surface area contributed by atoms with Gasteiger partial charge in [0.25, 0.3) is 5.91 Å². The quantitative estimate of drug-likeness (QED) is 0.851. The van der Waals surface area contributed by atoms with Crippen LogP contribution in [0, 0.1) is 6.92 Å². The molecule has 0 saturated carbocycles. The highest BCUT2D eigenvalue weighted by atomic mass is 79.9. The number of halogens is 1. The van der Waals surface area contributed by atoms with Crippen LogP contribution in [0.1, 0.15) is 34.5 Å². The van der Waals surface area contributed by atoms with Gasteiger partial charge < -0.3 is 4.90 Å². The predicted molar refractivity (Wildman–Crippen MR) is 83.6 cm³/mol. The highest BCUT2D eigenvalue weighted by molar-refractivity contribution is 9.10. The first kappa shape index (κ1) is 14.7. The van der Waals surface area contributed by atoms with E-state index in [2.05, 4.69) is 52.1 Å². The van der Waals surface area contributed by atoms with Crippen LogP contribution < -0.4 is 0 Å². The number of aryl methyl sites for hydroxylation is 1. The van der Waals surface area contributed by atoms with Gasteiger partial charge in [0.1, 0.15) is 0 Å². The van der Waals surface area contributed by atoms with Crippen LogP contribution in [0.15, 0.2) is 47.2 Å². The summed E-state index contributed by atoms with van der Waals surface area (Å²) in [5.41, 5.74) is 2.92. The van der Waals surface area contributed by atoms with Crippen molar-refractivity contribution in [1.82, 2.24) is 9.88 Å². The highest BCUT2D eigenvalue weighted by Crippen LogP contribution is 2.21. The number of carbonyl (C=O) groups is 1. The van der Waals surface area contributed by atoms with Gasteiger partial charge in [-0.3, -0.25) is 9.78 Å². The topological polar surface area (TPSA) is 33.2 Å². The third kappa shape index (κ3) is 3.25. The van der Waals surface area contributed by atoms with E-state index < -0.39 is 0 Å². The standard InChI is InChI=1S/C16H17BrN2O/c1-11-4-6-13(7-5-11)12(2)19(3)16(20)14-8-15(17)10-18-9-14/h4-10,12H,1-3H3. The third-order valence-corrected chi connectivity index (χ3v) is 3.85. The molecule has 1 amide bonds. The van der Waals surface area contributed by atoms with Crippen LogP contribution in [0.2, 0.25) is 0 Å². The first-order valence-electron chi connectivity index (χ1n) is 6.43. The van der Waals surface area contributed by atoms with Crippen molar-refractivity contribution in [2.75, 3.05) is 7.05 Å². The number of hydrogen-bond acceptors (Lipinski definition) is 2. The summed E-state index contributed by atoms with van der Waals surface area (Å²) in [6, 6.07) is 10.0. The van der Waals surface area contributed by atoms with Crippen molar-refractivity contribution in [3.05, 3.63) is 63.9 Å². The fourth-order valence-electron chi connectivity index (χ4n) is 1.98. The Morgan fingerprint density at radius 2 is 1.90 bits per heavy atom. The van der Waals surface area contributed by atoms with Crippen LogP contribution in [-0.2, 0) is 0 Å². The van der Waals surface area contributed by atoms with Gasteiger partial charge in [-0.1, -0.05) is 29.8 Å². The Kier molecular flexibility index (Phi) is 4.55. The maximum Gasteiger partial charge on any atom is 0.255 e. The van der Waals surface area contributed by atoms with Crippen molar-refractivity contribution in [2.45, 2.75) is 19.9 Å². The minimum absolute atomic E-state index is 0.0158. The first-order chi connectivity index (χ1) is 9.49. The number of hydrogen-bond donors (Lipinski definition) is 0. The molecule has 0 bridgehead atoms. The molecule has 20 heavy (non-hydrogen) atoms. The summed E-state index contributed by atoms with van der Waals surface area (Å²) in [5, 5.41) is 0. The molecule has 0 N–H and O–H groups in total. The van der Waals surface area contributed by atoms with Crippen molar-refractivity contribution >= 4 is 21.8 Å². The highest BCUT2D eigenvalue weighted by Gasteiger charge is 2.19. The van der Waals surface area contributed by atoms with Crippen molar-refractivity contribution in [1.29, 1.82) is 0 Å². The smallest absolute Gasteiger partial charge is 0.255 e. The third-order valence-electron chi connectivity index (χ3n) is 3.41. The van der Waals surface area contributed by atoms with E-state index in [0.717, 1.165) is 10.0 Å². The van der Waals surface area contributed by atoms with Crippen LogP contribution in [0.3, 0.4) is 0 Å². The molecule has 4 heteroatoms. The summed E-state index contributed by atoms with van der Waals surface area (Å²) in [7, 11) is 1.81. The zero-order valence-corrected chi connectivity index (χ0v) is 13.4. The molecule has 1 unspecified atom stereocenters. The predicted octanol–water partition coefficient (Wildman–Crippen LogP) is 3.99. The second kappa shape index (κ2) is 6.18. The Morgan fingerprint density at radius 1 is 1.25 bits per heavy atom. The number of rotatable bonds is 3. The Hall–Kier alpha value is -1.68. The van der Waals surface area contributed by atoms with E-state index in [1.54, 1.807) is 23.4 Å².